The van der Waals surface area contributed by atoms with E-state index in [-0.39, 0.29) is 36.5 Å². The molecule has 0 aliphatic carbocycles. The molecule has 2 saturated heterocycles. The van der Waals surface area contributed by atoms with E-state index < -0.39 is 0 Å². The monoisotopic (exact) mass is 527 g/mol. The molecular formula is C22H34IN5O2. The molecular weight excluding hydrogens is 493 g/mol. The number of fused-ring (bicyclic) bond motifs is 3. The summed E-state index contributed by atoms with van der Waals surface area (Å²) in [5.74, 6) is 1.67. The molecule has 1 aromatic rings. The van der Waals surface area contributed by atoms with E-state index in [1.165, 1.54) is 32.1 Å². The zero-order valence-corrected chi connectivity index (χ0v) is 20.3. The minimum Gasteiger partial charge on any atom is -0.482 e. The Labute approximate surface area is 196 Å². The van der Waals surface area contributed by atoms with Crippen molar-refractivity contribution in [2.45, 2.75) is 56.7 Å². The normalized spacial score (nSPS) is 26.3. The maximum Gasteiger partial charge on any atom is 0.265 e. The number of ether oxygens (including phenoxy) is 1. The average molecular weight is 527 g/mol. The summed E-state index contributed by atoms with van der Waals surface area (Å²) in [5.41, 5.74) is 0.865. The van der Waals surface area contributed by atoms with Crippen LogP contribution in [0.2, 0.25) is 0 Å². The van der Waals surface area contributed by atoms with Crippen LogP contribution in [0.3, 0.4) is 0 Å². The van der Waals surface area contributed by atoms with Gasteiger partial charge in [-0.3, -0.25) is 9.79 Å². The summed E-state index contributed by atoms with van der Waals surface area (Å²) >= 11 is 0. The van der Waals surface area contributed by atoms with Crippen molar-refractivity contribution in [3.05, 3.63) is 24.3 Å². The second-order valence-electron chi connectivity index (χ2n) is 8.37. The number of piperidine rings is 2. The first-order valence-electron chi connectivity index (χ1n) is 10.9. The summed E-state index contributed by atoms with van der Waals surface area (Å²) in [4.78, 5) is 21.1. The molecule has 4 rings (SSSR count). The minimum atomic E-state index is 0. The number of para-hydroxylation sites is 2. The van der Waals surface area contributed by atoms with Gasteiger partial charge in [-0.1, -0.05) is 18.6 Å². The van der Waals surface area contributed by atoms with Crippen molar-refractivity contribution in [1.82, 2.24) is 15.5 Å². The molecule has 3 aliphatic rings. The fraction of sp³-hybridized carbons (Fsp3) is 0.636. The molecule has 7 nitrogen and oxygen atoms in total. The van der Waals surface area contributed by atoms with Gasteiger partial charge in [-0.15, -0.1) is 24.0 Å². The molecule has 8 heteroatoms. The summed E-state index contributed by atoms with van der Waals surface area (Å²) < 4.78 is 5.51. The smallest absolute Gasteiger partial charge is 0.265 e. The summed E-state index contributed by atoms with van der Waals surface area (Å²) in [5, 5.41) is 7.06. The topological polar surface area (TPSA) is 69.2 Å². The lowest BCUT2D eigenvalue weighted by atomic mass is 9.82. The Morgan fingerprint density at radius 3 is 2.70 bits per heavy atom. The number of halogens is 1. The van der Waals surface area contributed by atoms with Crippen LogP contribution in [0.5, 0.6) is 5.75 Å². The van der Waals surface area contributed by atoms with Gasteiger partial charge in [0.25, 0.3) is 5.91 Å². The number of nitrogens with one attached hydrogen (secondary N) is 2. The first kappa shape index (κ1) is 23.1. The van der Waals surface area contributed by atoms with Gasteiger partial charge in [-0.05, 0) is 51.3 Å². The maximum atomic E-state index is 12.3. The quantitative estimate of drug-likeness (QED) is 0.267. The molecule has 2 fully saturated rings. The Bertz CT molecular complexity index is 745. The molecule has 166 valence electrons. The predicted molar refractivity (Wildman–Crippen MR) is 131 cm³/mol. The molecule has 0 spiro atoms. The van der Waals surface area contributed by atoms with E-state index in [1.54, 1.807) is 0 Å². The Morgan fingerprint density at radius 2 is 1.97 bits per heavy atom. The van der Waals surface area contributed by atoms with Crippen LogP contribution in [0.15, 0.2) is 29.3 Å². The van der Waals surface area contributed by atoms with Gasteiger partial charge in [-0.25, -0.2) is 0 Å². The number of benzene rings is 1. The molecule has 3 heterocycles. The summed E-state index contributed by atoms with van der Waals surface area (Å²) in [6.07, 6.45) is 7.21. The fourth-order valence-corrected chi connectivity index (χ4v) is 4.96. The number of guanidine groups is 1. The Balaban J connectivity index is 0.00000256. The SMILES string of the molecule is CN=C(NCCCN1C(=O)COc2ccccc21)NC1CC2CCCC(C1)N2C.I. The Hall–Kier alpha value is -1.55. The number of carbonyl (C=O) groups is 1. The number of aliphatic imine (C=N–C) groups is 1. The van der Waals surface area contributed by atoms with Crippen LogP contribution in [-0.2, 0) is 4.79 Å². The van der Waals surface area contributed by atoms with Crippen LogP contribution in [0.4, 0.5) is 5.69 Å². The number of rotatable bonds is 5. The molecule has 2 bridgehead atoms. The van der Waals surface area contributed by atoms with Crippen molar-refractivity contribution in [3.63, 3.8) is 0 Å². The van der Waals surface area contributed by atoms with Gasteiger partial charge in [0, 0.05) is 38.3 Å². The molecule has 2 N–H and O–H groups in total. The van der Waals surface area contributed by atoms with E-state index in [1.807, 2.05) is 36.2 Å². The molecule has 30 heavy (non-hydrogen) atoms. The standard InChI is InChI=1S/C22H33N5O2.HI/c1-23-22(25-16-13-17-7-5-8-18(14-16)26(17)2)24-11-6-12-27-19-9-3-4-10-20(19)29-15-21(27)28;/h3-4,9-10,16-18H,5-8,11-15H2,1-2H3,(H2,23,24,25);1H. The van der Waals surface area contributed by atoms with Crippen LogP contribution >= 0.6 is 24.0 Å². The van der Waals surface area contributed by atoms with E-state index in [9.17, 15) is 4.79 Å². The highest BCUT2D eigenvalue weighted by molar-refractivity contribution is 14.0. The first-order chi connectivity index (χ1) is 14.2. The second kappa shape index (κ2) is 10.7. The van der Waals surface area contributed by atoms with Crippen LogP contribution in [0.25, 0.3) is 0 Å². The Kier molecular flexibility index (Phi) is 8.21. The van der Waals surface area contributed by atoms with Crippen molar-refractivity contribution in [2.24, 2.45) is 4.99 Å². The predicted octanol–water partition coefficient (Wildman–Crippen LogP) is 2.60. The van der Waals surface area contributed by atoms with E-state index in [4.69, 9.17) is 4.74 Å². The van der Waals surface area contributed by atoms with Crippen molar-refractivity contribution in [2.75, 3.05) is 38.7 Å². The number of hydrogen-bond donors (Lipinski definition) is 2. The van der Waals surface area contributed by atoms with Gasteiger partial charge in [0.2, 0.25) is 0 Å². The fourth-order valence-electron chi connectivity index (χ4n) is 4.96. The van der Waals surface area contributed by atoms with Crippen LogP contribution in [0.1, 0.15) is 38.5 Å². The van der Waals surface area contributed by atoms with Gasteiger partial charge in [0.05, 0.1) is 5.69 Å². The van der Waals surface area contributed by atoms with Crippen molar-refractivity contribution < 1.29 is 9.53 Å². The van der Waals surface area contributed by atoms with E-state index in [2.05, 4.69) is 27.6 Å². The molecule has 1 amide bonds. The van der Waals surface area contributed by atoms with Gasteiger partial charge in [0.1, 0.15) is 5.75 Å². The molecule has 2 atom stereocenters. The van der Waals surface area contributed by atoms with Crippen LogP contribution in [-0.4, -0.2) is 68.7 Å². The molecule has 1 aromatic carbocycles. The van der Waals surface area contributed by atoms with Crippen molar-refractivity contribution in [3.8, 4) is 5.75 Å². The third-order valence-electron chi connectivity index (χ3n) is 6.56. The summed E-state index contributed by atoms with van der Waals surface area (Å²) in [7, 11) is 4.11. The molecule has 0 aromatic heterocycles. The van der Waals surface area contributed by atoms with E-state index in [0.717, 1.165) is 30.4 Å². The molecule has 0 saturated carbocycles. The third kappa shape index (κ3) is 5.19. The maximum absolute atomic E-state index is 12.3. The van der Waals surface area contributed by atoms with Crippen LogP contribution in [0, 0.1) is 0 Å². The van der Waals surface area contributed by atoms with Gasteiger partial charge >= 0.3 is 0 Å². The number of amides is 1. The highest BCUT2D eigenvalue weighted by atomic mass is 127. The zero-order valence-electron chi connectivity index (χ0n) is 18.0. The number of anilines is 1. The number of hydrogen-bond acceptors (Lipinski definition) is 4. The first-order valence-corrected chi connectivity index (χ1v) is 10.9. The highest BCUT2D eigenvalue weighted by Crippen LogP contribution is 2.33. The van der Waals surface area contributed by atoms with E-state index >= 15 is 0 Å². The minimum absolute atomic E-state index is 0. The number of carbonyl (C=O) groups excluding carboxylic acids is 1. The van der Waals surface area contributed by atoms with Crippen molar-refractivity contribution >= 4 is 41.5 Å². The summed E-state index contributed by atoms with van der Waals surface area (Å²) in [6.45, 7) is 1.56. The van der Waals surface area contributed by atoms with Crippen LogP contribution < -0.4 is 20.3 Å². The third-order valence-corrected chi connectivity index (χ3v) is 6.56. The van der Waals surface area contributed by atoms with Crippen molar-refractivity contribution in [1.29, 1.82) is 0 Å². The molecule has 2 unspecified atom stereocenters. The van der Waals surface area contributed by atoms with Gasteiger partial charge in [0.15, 0.2) is 12.6 Å². The molecule has 3 aliphatic heterocycles. The lowest BCUT2D eigenvalue weighted by Crippen LogP contribution is -2.56. The van der Waals surface area contributed by atoms with Gasteiger partial charge in [-0.2, -0.15) is 0 Å². The van der Waals surface area contributed by atoms with E-state index in [0.29, 0.717) is 24.7 Å². The number of nitrogens with zero attached hydrogens (tertiary/aromatic N) is 3. The summed E-state index contributed by atoms with van der Waals surface area (Å²) in [6, 6.07) is 9.61. The lowest BCUT2D eigenvalue weighted by molar-refractivity contribution is -0.121. The van der Waals surface area contributed by atoms with Gasteiger partial charge < -0.3 is 25.2 Å². The zero-order chi connectivity index (χ0) is 20.2. The Morgan fingerprint density at radius 1 is 1.23 bits per heavy atom. The average Bonchev–Trinajstić information content (AvgIpc) is 2.72. The largest absolute Gasteiger partial charge is 0.482 e. The lowest BCUT2D eigenvalue weighted by Gasteiger charge is -2.47. The second-order valence-corrected chi connectivity index (χ2v) is 8.37. The molecule has 0 radical (unpaired) electrons. The highest BCUT2D eigenvalue weighted by Gasteiger charge is 2.36.